The number of halogens is 2. The van der Waals surface area contributed by atoms with Gasteiger partial charge in [0.05, 0.1) is 18.8 Å². The second kappa shape index (κ2) is 8.62. The van der Waals surface area contributed by atoms with Gasteiger partial charge in [-0.05, 0) is 37.1 Å². The van der Waals surface area contributed by atoms with Gasteiger partial charge in [0.25, 0.3) is 0 Å². The van der Waals surface area contributed by atoms with Crippen molar-refractivity contribution in [3.63, 3.8) is 0 Å². The summed E-state index contributed by atoms with van der Waals surface area (Å²) >= 11 is 0. The van der Waals surface area contributed by atoms with Crippen LogP contribution < -0.4 is 15.0 Å². The second-order valence-corrected chi connectivity index (χ2v) is 6.89. The van der Waals surface area contributed by atoms with E-state index in [-0.39, 0.29) is 11.8 Å². The first-order valence-corrected chi connectivity index (χ1v) is 9.57. The molecule has 0 unspecified atom stereocenters. The summed E-state index contributed by atoms with van der Waals surface area (Å²) in [6.07, 6.45) is 3.94. The van der Waals surface area contributed by atoms with E-state index in [1.807, 2.05) is 4.90 Å². The van der Waals surface area contributed by atoms with Crippen molar-refractivity contribution in [3.8, 4) is 5.75 Å². The zero-order valence-corrected chi connectivity index (χ0v) is 16.3. The first-order valence-electron chi connectivity index (χ1n) is 9.57. The molecular formula is C20H21F2N5O3. The van der Waals surface area contributed by atoms with Gasteiger partial charge in [-0.1, -0.05) is 0 Å². The van der Waals surface area contributed by atoms with Crippen molar-refractivity contribution >= 4 is 17.6 Å². The Labute approximate surface area is 171 Å². The Balaban J connectivity index is 1.59. The predicted octanol–water partition coefficient (Wildman–Crippen LogP) is 3.08. The molecule has 1 N–H and O–H groups in total. The van der Waals surface area contributed by atoms with Crippen molar-refractivity contribution in [1.29, 1.82) is 0 Å². The van der Waals surface area contributed by atoms with E-state index < -0.39 is 17.7 Å². The molecule has 1 aromatic carbocycles. The number of hydrogen-bond donors (Lipinski definition) is 1. The van der Waals surface area contributed by atoms with E-state index in [0.29, 0.717) is 43.1 Å². The normalized spacial score (nSPS) is 16.2. The lowest BCUT2D eigenvalue weighted by molar-refractivity contribution is 0.180. The Bertz CT molecular complexity index is 1060. The monoisotopic (exact) mass is 417 g/mol. The van der Waals surface area contributed by atoms with Crippen molar-refractivity contribution < 1.29 is 23.0 Å². The number of benzene rings is 1. The number of nitrogens with one attached hydrogen (secondary N) is 1. The third kappa shape index (κ3) is 4.04. The molecule has 1 aliphatic heterocycles. The molecule has 1 amide bonds. The Morgan fingerprint density at radius 2 is 2.20 bits per heavy atom. The minimum Gasteiger partial charge on any atom is -0.405 e. The number of fused-ring (bicyclic) bond motifs is 1. The van der Waals surface area contributed by atoms with Crippen LogP contribution in [0, 0.1) is 11.6 Å². The van der Waals surface area contributed by atoms with Gasteiger partial charge in [0.1, 0.15) is 17.5 Å². The smallest absolute Gasteiger partial charge is 0.405 e. The SMILES string of the molecule is COCCNC(=O)Oc1cnn2ccc(N3CCC[C@@H]3c3cc(F)ccc3F)nc12. The fourth-order valence-electron chi connectivity index (χ4n) is 3.60. The molecule has 8 nitrogen and oxygen atoms in total. The van der Waals surface area contributed by atoms with Crippen LogP contribution in [0.1, 0.15) is 24.4 Å². The number of carbonyl (C=O) groups excluding carboxylic acids is 1. The molecule has 1 fully saturated rings. The summed E-state index contributed by atoms with van der Waals surface area (Å²) in [7, 11) is 1.53. The van der Waals surface area contributed by atoms with Crippen molar-refractivity contribution in [1.82, 2.24) is 19.9 Å². The maximum absolute atomic E-state index is 14.3. The summed E-state index contributed by atoms with van der Waals surface area (Å²) in [6.45, 7) is 1.31. The number of amides is 1. The van der Waals surface area contributed by atoms with E-state index in [0.717, 1.165) is 18.6 Å². The molecule has 2 aromatic heterocycles. The second-order valence-electron chi connectivity index (χ2n) is 6.89. The highest BCUT2D eigenvalue weighted by molar-refractivity contribution is 5.73. The molecule has 0 bridgehead atoms. The van der Waals surface area contributed by atoms with Crippen LogP contribution in [0.5, 0.6) is 5.75 Å². The number of anilines is 1. The minimum absolute atomic E-state index is 0.194. The largest absolute Gasteiger partial charge is 0.412 e. The third-order valence-electron chi connectivity index (χ3n) is 4.96. The third-order valence-corrected chi connectivity index (χ3v) is 4.96. The Morgan fingerprint density at radius 1 is 1.33 bits per heavy atom. The molecule has 1 aliphatic rings. The molecule has 3 heterocycles. The van der Waals surface area contributed by atoms with Crippen molar-refractivity contribution in [2.75, 3.05) is 31.7 Å². The molecule has 1 saturated heterocycles. The van der Waals surface area contributed by atoms with Crippen LogP contribution in [-0.4, -0.2) is 47.5 Å². The topological polar surface area (TPSA) is 81.0 Å². The molecular weight excluding hydrogens is 396 g/mol. The van der Waals surface area contributed by atoms with Crippen LogP contribution in [0.15, 0.2) is 36.7 Å². The number of methoxy groups -OCH3 is 1. The van der Waals surface area contributed by atoms with E-state index in [4.69, 9.17) is 9.47 Å². The summed E-state index contributed by atoms with van der Waals surface area (Å²) in [5.41, 5.74) is 0.649. The Hall–Kier alpha value is -3.27. The first-order chi connectivity index (χ1) is 14.6. The van der Waals surface area contributed by atoms with Crippen molar-refractivity contribution in [2.24, 2.45) is 0 Å². The van der Waals surface area contributed by atoms with Crippen molar-refractivity contribution in [3.05, 3.63) is 53.9 Å². The van der Waals surface area contributed by atoms with Gasteiger partial charge in [-0.3, -0.25) is 0 Å². The fourth-order valence-corrected chi connectivity index (χ4v) is 3.60. The van der Waals surface area contributed by atoms with E-state index in [2.05, 4.69) is 15.4 Å². The standard InChI is InChI=1S/C20H21F2N5O3/c1-29-10-7-23-20(28)30-17-12-24-27-9-6-18(25-19(17)27)26-8-2-3-16(26)14-11-13(21)4-5-15(14)22/h4-6,9,11-12,16H,2-3,7-8,10H2,1H3,(H,23,28)/t16-/m1/s1. The van der Waals surface area contributed by atoms with Crippen LogP contribution in [-0.2, 0) is 4.74 Å². The lowest BCUT2D eigenvalue weighted by Gasteiger charge is -2.26. The highest BCUT2D eigenvalue weighted by Crippen LogP contribution is 2.37. The molecule has 4 rings (SSSR count). The predicted molar refractivity (Wildman–Crippen MR) is 105 cm³/mol. The number of nitrogens with zero attached hydrogens (tertiary/aromatic N) is 4. The lowest BCUT2D eigenvalue weighted by atomic mass is 10.0. The number of aromatic nitrogens is 3. The van der Waals surface area contributed by atoms with Gasteiger partial charge in [-0.25, -0.2) is 23.1 Å². The summed E-state index contributed by atoms with van der Waals surface area (Å²) in [5, 5.41) is 6.69. The Kier molecular flexibility index (Phi) is 5.75. The molecule has 30 heavy (non-hydrogen) atoms. The van der Waals surface area contributed by atoms with Gasteiger partial charge in [-0.15, -0.1) is 0 Å². The zero-order chi connectivity index (χ0) is 21.1. The summed E-state index contributed by atoms with van der Waals surface area (Å²) in [6, 6.07) is 4.89. The Morgan fingerprint density at radius 3 is 3.03 bits per heavy atom. The lowest BCUT2D eigenvalue weighted by Crippen LogP contribution is -2.29. The summed E-state index contributed by atoms with van der Waals surface area (Å²) in [5.74, 6) is -0.165. The van der Waals surface area contributed by atoms with Gasteiger partial charge in [-0.2, -0.15) is 5.10 Å². The molecule has 158 valence electrons. The molecule has 1 atom stereocenters. The molecule has 0 saturated carbocycles. The molecule has 0 spiro atoms. The van der Waals surface area contributed by atoms with Crippen LogP contribution in [0.25, 0.3) is 5.65 Å². The zero-order valence-electron chi connectivity index (χ0n) is 16.3. The van der Waals surface area contributed by atoms with E-state index >= 15 is 0 Å². The highest BCUT2D eigenvalue weighted by atomic mass is 19.1. The van der Waals surface area contributed by atoms with Gasteiger partial charge >= 0.3 is 6.09 Å². The van der Waals surface area contributed by atoms with Gasteiger partial charge in [0.2, 0.25) is 5.65 Å². The van der Waals surface area contributed by atoms with Gasteiger partial charge in [0.15, 0.2) is 5.75 Å². The number of ether oxygens (including phenoxy) is 2. The van der Waals surface area contributed by atoms with E-state index in [1.165, 1.54) is 23.9 Å². The maximum atomic E-state index is 14.3. The van der Waals surface area contributed by atoms with E-state index in [9.17, 15) is 13.6 Å². The average molecular weight is 417 g/mol. The maximum Gasteiger partial charge on any atom is 0.412 e. The number of rotatable bonds is 6. The summed E-state index contributed by atoms with van der Waals surface area (Å²) in [4.78, 5) is 18.4. The fraction of sp³-hybridized carbons (Fsp3) is 0.350. The highest BCUT2D eigenvalue weighted by Gasteiger charge is 2.30. The number of hydrogen-bond acceptors (Lipinski definition) is 6. The van der Waals surface area contributed by atoms with Crippen LogP contribution in [0.2, 0.25) is 0 Å². The quantitative estimate of drug-likeness (QED) is 0.621. The molecule has 10 heteroatoms. The molecule has 0 aliphatic carbocycles. The van der Waals surface area contributed by atoms with Crippen molar-refractivity contribution in [2.45, 2.75) is 18.9 Å². The first kappa shape index (κ1) is 20.0. The summed E-state index contributed by atoms with van der Waals surface area (Å²) < 4.78 is 39.7. The van der Waals surface area contributed by atoms with E-state index in [1.54, 1.807) is 12.3 Å². The minimum atomic E-state index is -0.643. The number of carbonyl (C=O) groups is 1. The van der Waals surface area contributed by atoms with Gasteiger partial charge < -0.3 is 19.7 Å². The molecule has 0 radical (unpaired) electrons. The van der Waals surface area contributed by atoms with Gasteiger partial charge in [0, 0.05) is 32.0 Å². The molecule has 3 aromatic rings. The average Bonchev–Trinajstić information content (AvgIpc) is 3.37. The van der Waals surface area contributed by atoms with Crippen LogP contribution >= 0.6 is 0 Å². The van der Waals surface area contributed by atoms with Crippen LogP contribution in [0.3, 0.4) is 0 Å². The van der Waals surface area contributed by atoms with Crippen LogP contribution in [0.4, 0.5) is 19.4 Å².